The molecule has 1 amide bonds. The Labute approximate surface area is 179 Å². The largest absolute Gasteiger partial charge is 0.327 e. The zero-order valence-electron chi connectivity index (χ0n) is 16.9. The van der Waals surface area contributed by atoms with Crippen molar-refractivity contribution in [2.45, 2.75) is 0 Å². The van der Waals surface area contributed by atoms with Crippen LogP contribution in [-0.2, 0) is 7.05 Å². The first-order valence-electron chi connectivity index (χ1n) is 9.90. The molecule has 1 N–H and O–H groups in total. The van der Waals surface area contributed by atoms with Gasteiger partial charge in [0, 0.05) is 36.3 Å². The Balaban J connectivity index is 1.32. The van der Waals surface area contributed by atoms with Crippen molar-refractivity contribution < 1.29 is 4.79 Å². The van der Waals surface area contributed by atoms with Crippen LogP contribution in [0.5, 0.6) is 0 Å². The van der Waals surface area contributed by atoms with Crippen LogP contribution in [0.1, 0.15) is 10.4 Å². The van der Waals surface area contributed by atoms with Gasteiger partial charge in [-0.1, -0.05) is 42.5 Å². The maximum atomic E-state index is 12.6. The highest BCUT2D eigenvalue weighted by atomic mass is 16.1. The molecule has 0 aliphatic rings. The lowest BCUT2D eigenvalue weighted by atomic mass is 10.2. The highest BCUT2D eigenvalue weighted by Gasteiger charge is 2.11. The second kappa shape index (κ2) is 7.84. The van der Waals surface area contributed by atoms with Crippen LogP contribution < -0.4 is 5.32 Å². The minimum atomic E-state index is -0.255. The van der Waals surface area contributed by atoms with Gasteiger partial charge in [-0.15, -0.1) is 0 Å². The summed E-state index contributed by atoms with van der Waals surface area (Å²) < 4.78 is 2.06. The van der Waals surface area contributed by atoms with Crippen LogP contribution in [0.3, 0.4) is 0 Å². The van der Waals surface area contributed by atoms with Crippen molar-refractivity contribution in [2.24, 2.45) is 7.05 Å². The number of anilines is 1. The minimum Gasteiger partial charge on any atom is -0.327 e. The zero-order valence-corrected chi connectivity index (χ0v) is 16.9. The number of carbonyl (C=O) groups excluding carboxylic acids is 1. The maximum Gasteiger partial charge on any atom is 0.258 e. The van der Waals surface area contributed by atoms with Crippen molar-refractivity contribution in [1.82, 2.24) is 19.5 Å². The smallest absolute Gasteiger partial charge is 0.258 e. The normalized spacial score (nSPS) is 10.9. The van der Waals surface area contributed by atoms with Crippen LogP contribution in [0.4, 0.5) is 5.69 Å². The molecular weight excluding hydrogens is 386 g/mol. The average Bonchev–Trinajstić information content (AvgIpc) is 3.17. The number of fused-ring (bicyclic) bond motifs is 1. The molecule has 0 atom stereocenters. The molecule has 31 heavy (non-hydrogen) atoms. The summed E-state index contributed by atoms with van der Waals surface area (Å²) in [5.41, 5.74) is 5.02. The molecule has 0 aliphatic carbocycles. The molecule has 0 saturated heterocycles. The summed E-state index contributed by atoms with van der Waals surface area (Å²) in [4.78, 5) is 25.9. The molecule has 0 saturated carbocycles. The number of hydrogen-bond donors (Lipinski definition) is 1. The first kappa shape index (κ1) is 18.7. The fourth-order valence-corrected chi connectivity index (χ4v) is 3.49. The second-order valence-corrected chi connectivity index (χ2v) is 7.18. The molecule has 6 heteroatoms. The molecule has 3 aromatic carbocycles. The summed E-state index contributed by atoms with van der Waals surface area (Å²) in [7, 11) is 2.00. The Morgan fingerprint density at radius 2 is 1.48 bits per heavy atom. The van der Waals surface area contributed by atoms with Gasteiger partial charge in [0.15, 0.2) is 5.82 Å². The highest BCUT2D eigenvalue weighted by Crippen LogP contribution is 2.25. The van der Waals surface area contributed by atoms with Crippen molar-refractivity contribution in [3.63, 3.8) is 0 Å². The molecule has 150 valence electrons. The molecule has 5 rings (SSSR count). The number of nitrogens with zero attached hydrogens (tertiary/aromatic N) is 4. The molecule has 0 bridgehead atoms. The van der Waals surface area contributed by atoms with Gasteiger partial charge in [-0.05, 0) is 36.4 Å². The third-order valence-electron chi connectivity index (χ3n) is 5.13. The van der Waals surface area contributed by atoms with Gasteiger partial charge < -0.3 is 9.88 Å². The van der Waals surface area contributed by atoms with E-state index in [1.807, 2.05) is 85.9 Å². The van der Waals surface area contributed by atoms with Crippen molar-refractivity contribution in [1.29, 1.82) is 0 Å². The van der Waals surface area contributed by atoms with E-state index in [-0.39, 0.29) is 5.91 Å². The Morgan fingerprint density at radius 3 is 2.19 bits per heavy atom. The quantitative estimate of drug-likeness (QED) is 0.459. The first-order valence-corrected chi connectivity index (χ1v) is 9.90. The van der Waals surface area contributed by atoms with E-state index < -0.39 is 0 Å². The number of carbonyl (C=O) groups is 1. The van der Waals surface area contributed by atoms with Crippen LogP contribution in [0.25, 0.3) is 33.8 Å². The topological polar surface area (TPSA) is 72.7 Å². The van der Waals surface area contributed by atoms with Crippen LogP contribution >= 0.6 is 0 Å². The number of amides is 1. The summed E-state index contributed by atoms with van der Waals surface area (Å²) in [6, 6.07) is 25.3. The molecule has 0 unspecified atom stereocenters. The highest BCUT2D eigenvalue weighted by molar-refractivity contribution is 6.04. The second-order valence-electron chi connectivity index (χ2n) is 7.18. The van der Waals surface area contributed by atoms with E-state index in [0.29, 0.717) is 17.1 Å². The van der Waals surface area contributed by atoms with Crippen LogP contribution in [0, 0.1) is 0 Å². The van der Waals surface area contributed by atoms with Gasteiger partial charge in [0.05, 0.1) is 16.6 Å². The minimum absolute atomic E-state index is 0.255. The van der Waals surface area contributed by atoms with Gasteiger partial charge >= 0.3 is 0 Å². The summed E-state index contributed by atoms with van der Waals surface area (Å²) >= 11 is 0. The number of rotatable bonds is 4. The van der Waals surface area contributed by atoms with Crippen molar-refractivity contribution in [3.8, 4) is 22.8 Å². The summed E-state index contributed by atoms with van der Waals surface area (Å²) in [6.45, 7) is 0. The predicted octanol–water partition coefficient (Wildman–Crippen LogP) is 4.95. The lowest BCUT2D eigenvalue weighted by molar-refractivity contribution is 0.102. The monoisotopic (exact) mass is 405 g/mol. The Bertz CT molecular complexity index is 1360. The third-order valence-corrected chi connectivity index (χ3v) is 5.13. The van der Waals surface area contributed by atoms with Crippen molar-refractivity contribution in [3.05, 3.63) is 96.8 Å². The van der Waals surface area contributed by atoms with Gasteiger partial charge in [-0.3, -0.25) is 4.79 Å². The van der Waals surface area contributed by atoms with E-state index >= 15 is 0 Å². The summed E-state index contributed by atoms with van der Waals surface area (Å²) in [6.07, 6.45) is 3.08. The van der Waals surface area contributed by atoms with Gasteiger partial charge in [0.25, 0.3) is 5.91 Å². The number of benzene rings is 3. The molecule has 0 spiro atoms. The Morgan fingerprint density at radius 1 is 0.806 bits per heavy atom. The number of para-hydroxylation sites is 2. The number of hydrogen-bond acceptors (Lipinski definition) is 4. The first-order chi connectivity index (χ1) is 15.2. The molecular formula is C25H19N5O. The SMILES string of the molecule is Cn1c(-c2ccc(NC(=O)c3cnc(-c4ccccc4)nc3)cc2)nc2ccccc21. The van der Waals surface area contributed by atoms with E-state index in [4.69, 9.17) is 4.98 Å². The lowest BCUT2D eigenvalue weighted by Gasteiger charge is -2.07. The van der Waals surface area contributed by atoms with Crippen LogP contribution in [0.15, 0.2) is 91.3 Å². The zero-order chi connectivity index (χ0) is 21.2. The average molecular weight is 405 g/mol. The fraction of sp³-hybridized carbons (Fsp3) is 0.0400. The summed E-state index contributed by atoms with van der Waals surface area (Å²) in [5.74, 6) is 1.21. The molecule has 0 fully saturated rings. The number of aryl methyl sites for hydroxylation is 1. The van der Waals surface area contributed by atoms with E-state index in [1.165, 1.54) is 0 Å². The van der Waals surface area contributed by atoms with Crippen LogP contribution in [0.2, 0.25) is 0 Å². The summed E-state index contributed by atoms with van der Waals surface area (Å²) in [5, 5.41) is 2.89. The standard InChI is InChI=1S/C25H19N5O/c1-30-22-10-6-5-9-21(22)29-24(30)18-11-13-20(14-12-18)28-25(31)19-15-26-23(27-16-19)17-7-3-2-4-8-17/h2-16H,1H3,(H,28,31). The third kappa shape index (κ3) is 3.67. The van der Waals surface area contributed by atoms with E-state index in [0.717, 1.165) is 28.0 Å². The van der Waals surface area contributed by atoms with Gasteiger partial charge in [0.1, 0.15) is 5.82 Å². The molecule has 2 aromatic heterocycles. The number of imidazole rings is 1. The van der Waals surface area contributed by atoms with E-state index in [2.05, 4.69) is 19.9 Å². The Hall–Kier alpha value is -4.32. The molecule has 0 aliphatic heterocycles. The van der Waals surface area contributed by atoms with Crippen molar-refractivity contribution >= 4 is 22.6 Å². The Kier molecular flexibility index (Phi) is 4.72. The molecule has 0 radical (unpaired) electrons. The van der Waals surface area contributed by atoms with Crippen LogP contribution in [-0.4, -0.2) is 25.4 Å². The number of nitrogens with one attached hydrogen (secondary N) is 1. The molecule has 2 heterocycles. The van der Waals surface area contributed by atoms with E-state index in [1.54, 1.807) is 12.4 Å². The van der Waals surface area contributed by atoms with Crippen molar-refractivity contribution in [2.75, 3.05) is 5.32 Å². The van der Waals surface area contributed by atoms with Gasteiger partial charge in [-0.25, -0.2) is 15.0 Å². The van der Waals surface area contributed by atoms with Gasteiger partial charge in [-0.2, -0.15) is 0 Å². The van der Waals surface area contributed by atoms with E-state index in [9.17, 15) is 4.79 Å². The molecule has 6 nitrogen and oxygen atoms in total. The fourth-order valence-electron chi connectivity index (χ4n) is 3.49. The predicted molar refractivity (Wildman–Crippen MR) is 122 cm³/mol. The molecule has 5 aromatic rings. The maximum absolute atomic E-state index is 12.6. The lowest BCUT2D eigenvalue weighted by Crippen LogP contribution is -2.12. The van der Waals surface area contributed by atoms with Gasteiger partial charge in [0.2, 0.25) is 0 Å². The number of aromatic nitrogens is 4.